The maximum Gasteiger partial charge on any atom is 0.120 e. The maximum atomic E-state index is 10.3. The quantitative estimate of drug-likeness (QED) is 0.451. The van der Waals surface area contributed by atoms with Crippen molar-refractivity contribution in [3.63, 3.8) is 0 Å². The first-order valence-corrected chi connectivity index (χ1v) is 10.8. The fraction of sp³-hybridized carbons (Fsp3) is 0.500. The van der Waals surface area contributed by atoms with Gasteiger partial charge in [-0.15, -0.1) is 0 Å². The fourth-order valence-electron chi connectivity index (χ4n) is 2.80. The summed E-state index contributed by atoms with van der Waals surface area (Å²) in [7, 11) is 3.42. The number of phenolic OH excluding ortho intramolecular Hbond substituents is 1. The van der Waals surface area contributed by atoms with E-state index in [-0.39, 0.29) is 0 Å². The number of aromatic hydroxyl groups is 1. The fourth-order valence-corrected chi connectivity index (χ4v) is 5.92. The van der Waals surface area contributed by atoms with Crippen molar-refractivity contribution in [2.24, 2.45) is 0 Å². The lowest BCUT2D eigenvalue weighted by molar-refractivity contribution is 0.263. The average molecular weight is 368 g/mol. The van der Waals surface area contributed by atoms with Gasteiger partial charge in [-0.1, -0.05) is 53.7 Å². The highest BCUT2D eigenvalue weighted by molar-refractivity contribution is 7.80. The Morgan fingerprint density at radius 2 is 1.78 bits per heavy atom. The van der Waals surface area contributed by atoms with Gasteiger partial charge in [0.15, 0.2) is 0 Å². The second-order valence-electron chi connectivity index (χ2n) is 5.73. The predicted octanol–water partition coefficient (Wildman–Crippen LogP) is 6.10. The highest BCUT2D eigenvalue weighted by atomic mass is 32.9. The molecule has 0 fully saturated rings. The summed E-state index contributed by atoms with van der Waals surface area (Å²) in [4.78, 5) is 3.68. The summed E-state index contributed by atoms with van der Waals surface area (Å²) in [6, 6.07) is 5.98. The molecule has 1 N–H and O–H groups in total. The number of nitrogens with zero attached hydrogens (tertiary/aromatic N) is 1. The molecule has 0 saturated heterocycles. The van der Waals surface area contributed by atoms with E-state index in [0.717, 1.165) is 48.3 Å². The molecule has 0 aliphatic carbocycles. The Kier molecular flexibility index (Phi) is 7.21. The van der Waals surface area contributed by atoms with E-state index in [4.69, 9.17) is 12.2 Å². The van der Waals surface area contributed by atoms with Gasteiger partial charge in [-0.05, 0) is 61.7 Å². The van der Waals surface area contributed by atoms with Crippen LogP contribution in [0.15, 0.2) is 18.2 Å². The van der Waals surface area contributed by atoms with Crippen molar-refractivity contribution in [1.82, 2.24) is 4.90 Å². The van der Waals surface area contributed by atoms with Crippen LogP contribution in [0.2, 0.25) is 0 Å². The minimum absolute atomic E-state index is 0.392. The van der Waals surface area contributed by atoms with Gasteiger partial charge in [0.2, 0.25) is 0 Å². The highest BCUT2D eigenvalue weighted by Crippen LogP contribution is 2.36. The van der Waals surface area contributed by atoms with E-state index < -0.39 is 0 Å². The van der Waals surface area contributed by atoms with E-state index in [1.807, 2.05) is 12.1 Å². The van der Waals surface area contributed by atoms with Crippen molar-refractivity contribution in [3.05, 3.63) is 33.1 Å². The Morgan fingerprint density at radius 3 is 2.39 bits per heavy atom. The standard InChI is InChI=1S/C18H25NOS3/c1-4-9-19(10-5-2)12-14-11-13(7-8-16(14)20)17-15(6-3)18(21)23-22-17/h7-8,11,20H,4-6,9-10,12H2,1-3H3. The molecule has 0 radical (unpaired) electrons. The number of hydrogen-bond donors (Lipinski definition) is 1. The lowest BCUT2D eigenvalue weighted by Gasteiger charge is -2.21. The third kappa shape index (κ3) is 4.63. The van der Waals surface area contributed by atoms with Crippen LogP contribution in [0, 0.1) is 3.82 Å². The zero-order valence-corrected chi connectivity index (χ0v) is 16.5. The molecule has 126 valence electrons. The van der Waals surface area contributed by atoms with Gasteiger partial charge in [0, 0.05) is 12.1 Å². The highest BCUT2D eigenvalue weighted by Gasteiger charge is 2.13. The van der Waals surface area contributed by atoms with Gasteiger partial charge in [0.1, 0.15) is 9.57 Å². The van der Waals surface area contributed by atoms with Gasteiger partial charge in [-0.25, -0.2) is 0 Å². The molecule has 0 aliphatic rings. The molecule has 1 heterocycles. The summed E-state index contributed by atoms with van der Waals surface area (Å²) < 4.78 is 1.00. The molecule has 2 aromatic rings. The van der Waals surface area contributed by atoms with E-state index in [1.54, 1.807) is 20.7 Å². The third-order valence-electron chi connectivity index (χ3n) is 3.89. The number of rotatable bonds is 8. The molecule has 0 aliphatic heterocycles. The van der Waals surface area contributed by atoms with Crippen LogP contribution in [-0.2, 0) is 13.0 Å². The summed E-state index contributed by atoms with van der Waals surface area (Å²) in [5.74, 6) is 0.392. The van der Waals surface area contributed by atoms with Crippen LogP contribution < -0.4 is 0 Å². The Balaban J connectivity index is 2.33. The SMILES string of the molecule is CCCN(CCC)Cc1cc(-c2ssc(=S)c2CC)ccc1O. The van der Waals surface area contributed by atoms with Crippen LogP contribution in [0.1, 0.15) is 44.7 Å². The summed E-state index contributed by atoms with van der Waals surface area (Å²) >= 11 is 5.44. The second-order valence-corrected chi connectivity index (χ2v) is 8.55. The normalized spacial score (nSPS) is 11.3. The Labute approximate surface area is 151 Å². The topological polar surface area (TPSA) is 23.5 Å². The van der Waals surface area contributed by atoms with Crippen molar-refractivity contribution in [2.75, 3.05) is 13.1 Å². The molecule has 0 bridgehead atoms. The van der Waals surface area contributed by atoms with E-state index >= 15 is 0 Å². The van der Waals surface area contributed by atoms with E-state index in [9.17, 15) is 5.11 Å². The van der Waals surface area contributed by atoms with Crippen LogP contribution in [0.5, 0.6) is 5.75 Å². The van der Waals surface area contributed by atoms with Crippen LogP contribution in [0.4, 0.5) is 0 Å². The van der Waals surface area contributed by atoms with Crippen LogP contribution in [0.3, 0.4) is 0 Å². The van der Waals surface area contributed by atoms with Crippen molar-refractivity contribution in [2.45, 2.75) is 46.6 Å². The number of phenols is 1. The summed E-state index contributed by atoms with van der Waals surface area (Å²) in [5, 5.41) is 10.3. The van der Waals surface area contributed by atoms with Gasteiger partial charge in [0.05, 0.1) is 4.88 Å². The first-order valence-electron chi connectivity index (χ1n) is 8.27. The lowest BCUT2D eigenvalue weighted by atomic mass is 10.0. The first-order chi connectivity index (χ1) is 11.1. The van der Waals surface area contributed by atoms with Crippen molar-refractivity contribution >= 4 is 32.9 Å². The van der Waals surface area contributed by atoms with E-state index in [0.29, 0.717) is 5.75 Å². The summed E-state index contributed by atoms with van der Waals surface area (Å²) in [6.07, 6.45) is 3.22. The summed E-state index contributed by atoms with van der Waals surface area (Å²) in [5.41, 5.74) is 3.46. The molecule has 2 rings (SSSR count). The average Bonchev–Trinajstić information content (AvgIpc) is 2.90. The second kappa shape index (κ2) is 8.92. The summed E-state index contributed by atoms with van der Waals surface area (Å²) in [6.45, 7) is 9.48. The number of hydrogen-bond acceptors (Lipinski definition) is 5. The molecule has 1 aromatic carbocycles. The van der Waals surface area contributed by atoms with Crippen LogP contribution >= 0.6 is 32.9 Å². The molecule has 2 nitrogen and oxygen atoms in total. The molecular weight excluding hydrogens is 342 g/mol. The maximum absolute atomic E-state index is 10.3. The zero-order chi connectivity index (χ0) is 16.8. The molecule has 0 unspecified atom stereocenters. The van der Waals surface area contributed by atoms with Crippen molar-refractivity contribution in [3.8, 4) is 16.2 Å². The molecule has 0 amide bonds. The van der Waals surface area contributed by atoms with Gasteiger partial charge < -0.3 is 5.11 Å². The molecular formula is C18H25NOS3. The van der Waals surface area contributed by atoms with Crippen molar-refractivity contribution < 1.29 is 5.11 Å². The Hall–Kier alpha value is -0.750. The molecule has 0 saturated carbocycles. The van der Waals surface area contributed by atoms with Gasteiger partial charge in [0.25, 0.3) is 0 Å². The lowest BCUT2D eigenvalue weighted by Crippen LogP contribution is -2.24. The Morgan fingerprint density at radius 1 is 1.09 bits per heavy atom. The molecule has 0 spiro atoms. The zero-order valence-electron chi connectivity index (χ0n) is 14.1. The van der Waals surface area contributed by atoms with Crippen LogP contribution in [-0.4, -0.2) is 23.1 Å². The van der Waals surface area contributed by atoms with Gasteiger partial charge in [-0.2, -0.15) is 0 Å². The molecule has 23 heavy (non-hydrogen) atoms. The molecule has 5 heteroatoms. The minimum atomic E-state index is 0.392. The van der Waals surface area contributed by atoms with E-state index in [2.05, 4.69) is 31.7 Å². The van der Waals surface area contributed by atoms with E-state index in [1.165, 1.54) is 16.0 Å². The smallest absolute Gasteiger partial charge is 0.120 e. The largest absolute Gasteiger partial charge is 0.508 e. The third-order valence-corrected chi connectivity index (χ3v) is 7.08. The minimum Gasteiger partial charge on any atom is -0.508 e. The predicted molar refractivity (Wildman–Crippen MR) is 105 cm³/mol. The van der Waals surface area contributed by atoms with Crippen LogP contribution in [0.25, 0.3) is 10.4 Å². The van der Waals surface area contributed by atoms with Gasteiger partial charge in [-0.3, -0.25) is 4.90 Å². The van der Waals surface area contributed by atoms with Gasteiger partial charge >= 0.3 is 0 Å². The molecule has 0 atom stereocenters. The first kappa shape index (κ1) is 18.6. The monoisotopic (exact) mass is 367 g/mol. The number of benzene rings is 1. The molecule has 1 aromatic heterocycles. The van der Waals surface area contributed by atoms with Crippen molar-refractivity contribution in [1.29, 1.82) is 0 Å². The Bertz CT molecular complexity index is 684.